The van der Waals surface area contributed by atoms with Crippen LogP contribution in [0.25, 0.3) is 0 Å². The number of fused-ring (bicyclic) bond motifs is 2. The van der Waals surface area contributed by atoms with E-state index in [-0.39, 0.29) is 24.2 Å². The van der Waals surface area contributed by atoms with E-state index < -0.39 is 16.1 Å². The molecule has 29 heavy (non-hydrogen) atoms. The number of nitrogens with zero attached hydrogens (tertiary/aromatic N) is 2. The molecule has 156 valence electrons. The first-order valence-corrected chi connectivity index (χ1v) is 12.0. The van der Waals surface area contributed by atoms with Gasteiger partial charge in [0.05, 0.1) is 17.4 Å². The zero-order valence-electron chi connectivity index (χ0n) is 17.3. The molecule has 3 aliphatic carbocycles. The van der Waals surface area contributed by atoms with Gasteiger partial charge in [-0.25, -0.2) is 8.42 Å². The molecule has 7 heteroatoms. The van der Waals surface area contributed by atoms with Crippen LogP contribution in [0.3, 0.4) is 0 Å². The van der Waals surface area contributed by atoms with Crippen LogP contribution in [0.2, 0.25) is 0 Å². The number of hydrogen-bond donors (Lipinski definition) is 1. The van der Waals surface area contributed by atoms with Crippen molar-refractivity contribution in [3.63, 3.8) is 0 Å². The highest BCUT2D eigenvalue weighted by Crippen LogP contribution is 2.61. The zero-order chi connectivity index (χ0) is 21.0. The summed E-state index contributed by atoms with van der Waals surface area (Å²) >= 11 is 0. The molecule has 1 saturated heterocycles. The number of carbonyl (C=O) groups is 1. The predicted octanol–water partition coefficient (Wildman–Crippen LogP) is 2.65. The Morgan fingerprint density at radius 2 is 2.10 bits per heavy atom. The van der Waals surface area contributed by atoms with E-state index >= 15 is 0 Å². The van der Waals surface area contributed by atoms with Crippen molar-refractivity contribution >= 4 is 15.9 Å². The minimum Gasteiger partial charge on any atom is -0.352 e. The fraction of sp³-hybridized carbons (Fsp3) is 0.636. The zero-order valence-corrected chi connectivity index (χ0v) is 18.1. The molecule has 4 aliphatic rings. The molecule has 3 saturated carbocycles. The van der Waals surface area contributed by atoms with Gasteiger partial charge in [-0.3, -0.25) is 4.79 Å². The summed E-state index contributed by atoms with van der Waals surface area (Å²) in [7, 11) is -3.48. The van der Waals surface area contributed by atoms with Gasteiger partial charge in [0.15, 0.2) is 0 Å². The van der Waals surface area contributed by atoms with Gasteiger partial charge in [0.2, 0.25) is 15.9 Å². The second-order valence-corrected chi connectivity index (χ2v) is 11.6. The molecule has 1 aliphatic heterocycles. The summed E-state index contributed by atoms with van der Waals surface area (Å²) in [6.07, 6.45) is 2.52. The summed E-state index contributed by atoms with van der Waals surface area (Å²) in [6.45, 7) is 6.97. The number of benzene rings is 1. The molecule has 1 N–H and O–H groups in total. The first-order valence-electron chi connectivity index (χ1n) is 10.4. The molecule has 4 fully saturated rings. The fourth-order valence-electron chi connectivity index (χ4n) is 5.72. The standard InChI is InChI=1S/C22H29N3O3S/c1-14-18-10-17(22(18,2)3)11-19(14)24-21(26)20-7-8-29(27,28)25(20)13-16-6-4-5-15(9-16)12-23/h4-6,9,14,17-20H,7-8,10-11,13H2,1-3H3,(H,24,26)/t14-,17+,18-,19-,20?/m0/s1. The molecule has 1 unspecified atom stereocenters. The van der Waals surface area contributed by atoms with Crippen LogP contribution < -0.4 is 5.32 Å². The summed E-state index contributed by atoms with van der Waals surface area (Å²) in [5.74, 6) is 1.45. The van der Waals surface area contributed by atoms with E-state index in [2.05, 4.69) is 32.2 Å². The van der Waals surface area contributed by atoms with E-state index in [1.807, 2.05) is 0 Å². The lowest BCUT2D eigenvalue weighted by Crippen LogP contribution is -2.61. The molecule has 1 heterocycles. The molecule has 0 aromatic heterocycles. The molecule has 0 spiro atoms. The highest BCUT2D eigenvalue weighted by Gasteiger charge is 2.56. The van der Waals surface area contributed by atoms with Crippen LogP contribution in [-0.2, 0) is 21.4 Å². The van der Waals surface area contributed by atoms with E-state index in [0.29, 0.717) is 35.2 Å². The smallest absolute Gasteiger partial charge is 0.238 e. The van der Waals surface area contributed by atoms with Gasteiger partial charge in [0.1, 0.15) is 6.04 Å². The second-order valence-electron chi connectivity index (χ2n) is 9.55. The van der Waals surface area contributed by atoms with Crippen molar-refractivity contribution in [2.24, 2.45) is 23.2 Å². The lowest BCUT2D eigenvalue weighted by atomic mass is 9.45. The van der Waals surface area contributed by atoms with Crippen LogP contribution in [0.1, 0.15) is 51.2 Å². The quantitative estimate of drug-likeness (QED) is 0.819. The molecule has 1 aromatic rings. The molecule has 0 radical (unpaired) electrons. The van der Waals surface area contributed by atoms with Crippen LogP contribution >= 0.6 is 0 Å². The van der Waals surface area contributed by atoms with Crippen LogP contribution in [0, 0.1) is 34.5 Å². The fourth-order valence-corrected chi connectivity index (χ4v) is 7.41. The van der Waals surface area contributed by atoms with E-state index in [4.69, 9.17) is 5.26 Å². The molecular formula is C22H29N3O3S. The van der Waals surface area contributed by atoms with Gasteiger partial charge >= 0.3 is 0 Å². The molecule has 6 nitrogen and oxygen atoms in total. The van der Waals surface area contributed by atoms with Gasteiger partial charge in [-0.15, -0.1) is 0 Å². The molecular weight excluding hydrogens is 386 g/mol. The van der Waals surface area contributed by atoms with Gasteiger partial charge in [-0.2, -0.15) is 9.57 Å². The van der Waals surface area contributed by atoms with Gasteiger partial charge in [-0.1, -0.05) is 32.9 Å². The lowest BCUT2D eigenvalue weighted by molar-refractivity contribution is -0.136. The number of nitriles is 1. The van der Waals surface area contributed by atoms with Crippen molar-refractivity contribution < 1.29 is 13.2 Å². The topological polar surface area (TPSA) is 90.3 Å². The van der Waals surface area contributed by atoms with E-state index in [9.17, 15) is 13.2 Å². The van der Waals surface area contributed by atoms with E-state index in [1.54, 1.807) is 24.3 Å². The SMILES string of the molecule is C[C@@H]1[C@@H](NC(=O)C2CCS(=O)(=O)N2Cc2cccc(C#N)c2)C[C@H]2C[C@@H]1C2(C)C. The molecule has 1 amide bonds. The number of nitrogens with one attached hydrogen (secondary N) is 1. The first kappa shape index (κ1) is 20.4. The normalized spacial score (nSPS) is 34.8. The average molecular weight is 416 g/mol. The lowest BCUT2D eigenvalue weighted by Gasteiger charge is -2.62. The molecule has 1 aromatic carbocycles. The van der Waals surface area contributed by atoms with Crippen LogP contribution in [0.15, 0.2) is 24.3 Å². The maximum atomic E-state index is 13.1. The van der Waals surface area contributed by atoms with Crippen molar-refractivity contribution in [1.29, 1.82) is 5.26 Å². The molecule has 2 bridgehead atoms. The number of rotatable bonds is 4. The Balaban J connectivity index is 1.48. The van der Waals surface area contributed by atoms with Crippen LogP contribution in [0.4, 0.5) is 0 Å². The maximum absolute atomic E-state index is 13.1. The highest BCUT2D eigenvalue weighted by atomic mass is 32.2. The Morgan fingerprint density at radius 1 is 1.34 bits per heavy atom. The number of amides is 1. The minimum absolute atomic E-state index is 0.0124. The third-order valence-electron chi connectivity index (χ3n) is 7.73. The van der Waals surface area contributed by atoms with Gasteiger partial charge in [-0.05, 0) is 60.1 Å². The summed E-state index contributed by atoms with van der Waals surface area (Å²) in [5, 5.41) is 12.3. The van der Waals surface area contributed by atoms with Crippen molar-refractivity contribution in [3.05, 3.63) is 35.4 Å². The summed E-state index contributed by atoms with van der Waals surface area (Å²) in [6, 6.07) is 8.41. The predicted molar refractivity (Wildman–Crippen MR) is 110 cm³/mol. The van der Waals surface area contributed by atoms with Gasteiger partial charge in [0.25, 0.3) is 0 Å². The summed E-state index contributed by atoms with van der Waals surface area (Å²) in [5.41, 5.74) is 1.55. The first-order chi connectivity index (χ1) is 13.6. The third kappa shape index (κ3) is 3.47. The van der Waals surface area contributed by atoms with Gasteiger partial charge < -0.3 is 5.32 Å². The Bertz CT molecular complexity index is 966. The Morgan fingerprint density at radius 3 is 2.76 bits per heavy atom. The van der Waals surface area contributed by atoms with Crippen molar-refractivity contribution in [2.75, 3.05) is 5.75 Å². The number of sulfonamides is 1. The summed E-state index contributed by atoms with van der Waals surface area (Å²) < 4.78 is 26.6. The minimum atomic E-state index is -3.48. The third-order valence-corrected chi connectivity index (χ3v) is 9.58. The van der Waals surface area contributed by atoms with Crippen LogP contribution in [-0.4, -0.2) is 36.5 Å². The Kier molecular flexibility index (Phi) is 4.99. The van der Waals surface area contributed by atoms with Crippen molar-refractivity contribution in [1.82, 2.24) is 9.62 Å². The highest BCUT2D eigenvalue weighted by molar-refractivity contribution is 7.89. The Labute approximate surface area is 173 Å². The van der Waals surface area contributed by atoms with Crippen LogP contribution in [0.5, 0.6) is 0 Å². The maximum Gasteiger partial charge on any atom is 0.238 e. The number of hydrogen-bond acceptors (Lipinski definition) is 4. The van der Waals surface area contributed by atoms with Crippen molar-refractivity contribution in [3.8, 4) is 6.07 Å². The molecule has 5 rings (SSSR count). The van der Waals surface area contributed by atoms with Crippen molar-refractivity contribution in [2.45, 2.75) is 58.7 Å². The largest absolute Gasteiger partial charge is 0.352 e. The average Bonchev–Trinajstić information content (AvgIpc) is 2.97. The van der Waals surface area contributed by atoms with Gasteiger partial charge in [0, 0.05) is 12.6 Å². The summed E-state index contributed by atoms with van der Waals surface area (Å²) in [4.78, 5) is 13.1. The monoisotopic (exact) mass is 415 g/mol. The van der Waals surface area contributed by atoms with E-state index in [1.165, 1.54) is 10.7 Å². The van der Waals surface area contributed by atoms with E-state index in [0.717, 1.165) is 12.0 Å². The number of carbonyl (C=O) groups excluding carboxylic acids is 1. The second kappa shape index (κ2) is 7.10. The Hall–Kier alpha value is -1.91. The molecule has 5 atom stereocenters.